The van der Waals surface area contributed by atoms with E-state index in [2.05, 4.69) is 36.4 Å². The van der Waals surface area contributed by atoms with Gasteiger partial charge in [0.1, 0.15) is 5.75 Å². The molecule has 1 heteroatoms. The van der Waals surface area contributed by atoms with Gasteiger partial charge in [-0.05, 0) is 61.4 Å². The maximum absolute atomic E-state index is 5.97. The Morgan fingerprint density at radius 2 is 1.79 bits per heavy atom. The van der Waals surface area contributed by atoms with Crippen molar-refractivity contribution in [3.63, 3.8) is 0 Å². The van der Waals surface area contributed by atoms with Crippen LogP contribution in [-0.2, 0) is 6.42 Å². The molecule has 0 spiro atoms. The lowest BCUT2D eigenvalue weighted by Gasteiger charge is -2.13. The molecule has 1 aliphatic carbocycles. The molecule has 0 unspecified atom stereocenters. The van der Waals surface area contributed by atoms with E-state index in [9.17, 15) is 0 Å². The van der Waals surface area contributed by atoms with Gasteiger partial charge in [-0.25, -0.2) is 0 Å². The normalized spacial score (nSPS) is 15.6. The lowest BCUT2D eigenvalue weighted by molar-refractivity contribution is 0.210. The third kappa shape index (κ3) is 3.37. The van der Waals surface area contributed by atoms with E-state index in [1.807, 2.05) is 18.2 Å². The Hall–Kier alpha value is -1.76. The van der Waals surface area contributed by atoms with Gasteiger partial charge >= 0.3 is 0 Å². The zero-order chi connectivity index (χ0) is 12.9. The fourth-order valence-electron chi connectivity index (χ4n) is 2.66. The molecule has 0 bridgehead atoms. The van der Waals surface area contributed by atoms with Crippen molar-refractivity contribution in [1.29, 1.82) is 0 Å². The van der Waals surface area contributed by atoms with Crippen molar-refractivity contribution in [2.45, 2.75) is 38.2 Å². The molecule has 2 aromatic carbocycles. The highest BCUT2D eigenvalue weighted by Gasteiger charge is 2.16. The highest BCUT2D eigenvalue weighted by molar-refractivity contribution is 5.31. The van der Waals surface area contributed by atoms with Gasteiger partial charge in [0.25, 0.3) is 0 Å². The second-order valence-electron chi connectivity index (χ2n) is 5.26. The van der Waals surface area contributed by atoms with Crippen LogP contribution in [0.25, 0.3) is 0 Å². The fourth-order valence-corrected chi connectivity index (χ4v) is 2.66. The monoisotopic (exact) mass is 251 g/mol. The zero-order valence-electron chi connectivity index (χ0n) is 11.1. The molecule has 0 amide bonds. The molecule has 0 N–H and O–H groups in total. The summed E-state index contributed by atoms with van der Waals surface area (Å²) >= 11 is 0. The molecule has 0 saturated heterocycles. The minimum absolute atomic E-state index is 0.439. The van der Waals surface area contributed by atoms with E-state index in [0.29, 0.717) is 6.10 Å². The predicted molar refractivity (Wildman–Crippen MR) is 77.4 cm³/mol. The molecule has 3 rings (SSSR count). The molecule has 0 aromatic heterocycles. The molecule has 0 heterocycles. The van der Waals surface area contributed by atoms with Crippen LogP contribution in [0.2, 0.25) is 0 Å². The topological polar surface area (TPSA) is 9.23 Å². The summed E-state index contributed by atoms with van der Waals surface area (Å²) in [5, 5.41) is 0. The Labute approximate surface area is 115 Å². The number of ether oxygens (including phenoxy) is 1. The third-order valence-corrected chi connectivity index (χ3v) is 3.71. The van der Waals surface area contributed by atoms with Crippen molar-refractivity contribution in [2.24, 2.45) is 0 Å². The van der Waals surface area contributed by atoms with Crippen molar-refractivity contribution in [3.8, 4) is 5.75 Å². The Morgan fingerprint density at radius 3 is 2.47 bits per heavy atom. The number of hydrogen-bond acceptors (Lipinski definition) is 1. The summed E-state index contributed by atoms with van der Waals surface area (Å²) in [6.45, 7) is 0. The molecule has 97 valence electrons. The van der Waals surface area contributed by atoms with Gasteiger partial charge in [0.15, 0.2) is 0 Å². The maximum Gasteiger partial charge on any atom is 0.119 e. The SMILES string of the molecule is [c]1cccc(Cc2ccc(OC3CCCC3)cc2)c1. The van der Waals surface area contributed by atoms with Crippen LogP contribution in [0.3, 0.4) is 0 Å². The van der Waals surface area contributed by atoms with E-state index in [4.69, 9.17) is 4.74 Å². The average molecular weight is 251 g/mol. The van der Waals surface area contributed by atoms with Gasteiger partial charge in [-0.2, -0.15) is 0 Å². The van der Waals surface area contributed by atoms with E-state index in [1.54, 1.807) is 0 Å². The predicted octanol–water partition coefficient (Wildman–Crippen LogP) is 4.40. The summed E-state index contributed by atoms with van der Waals surface area (Å²) in [6.07, 6.45) is 6.44. The summed E-state index contributed by atoms with van der Waals surface area (Å²) in [5.41, 5.74) is 2.62. The molecule has 1 saturated carbocycles. The standard InChI is InChI=1S/C18H19O/c1-2-6-15(7-3-1)14-16-10-12-18(13-11-16)19-17-8-4-5-9-17/h1-2,6-7,10-13,17H,4-5,8-9,14H2. The Morgan fingerprint density at radius 1 is 1.00 bits per heavy atom. The second kappa shape index (κ2) is 5.92. The van der Waals surface area contributed by atoms with E-state index in [1.165, 1.54) is 36.8 Å². The quantitative estimate of drug-likeness (QED) is 0.782. The van der Waals surface area contributed by atoms with E-state index in [0.717, 1.165) is 12.2 Å². The van der Waals surface area contributed by atoms with Crippen LogP contribution >= 0.6 is 0 Å². The number of benzene rings is 2. The van der Waals surface area contributed by atoms with Gasteiger partial charge in [0, 0.05) is 0 Å². The Balaban J connectivity index is 1.62. The molecule has 19 heavy (non-hydrogen) atoms. The maximum atomic E-state index is 5.97. The highest BCUT2D eigenvalue weighted by atomic mass is 16.5. The van der Waals surface area contributed by atoms with E-state index in [-0.39, 0.29) is 0 Å². The lowest BCUT2D eigenvalue weighted by atomic mass is 10.1. The summed E-state index contributed by atoms with van der Waals surface area (Å²) in [6, 6.07) is 19.8. The van der Waals surface area contributed by atoms with Crippen molar-refractivity contribution in [1.82, 2.24) is 0 Å². The molecular formula is C18H19O. The summed E-state index contributed by atoms with van der Waals surface area (Å²) < 4.78 is 5.97. The summed E-state index contributed by atoms with van der Waals surface area (Å²) in [5.74, 6) is 1.01. The van der Waals surface area contributed by atoms with Crippen molar-refractivity contribution in [2.75, 3.05) is 0 Å². The first-order valence-corrected chi connectivity index (χ1v) is 7.11. The van der Waals surface area contributed by atoms with Gasteiger partial charge in [0.05, 0.1) is 6.10 Å². The van der Waals surface area contributed by atoms with Crippen LogP contribution < -0.4 is 4.74 Å². The molecule has 1 nitrogen and oxygen atoms in total. The van der Waals surface area contributed by atoms with Gasteiger partial charge in [-0.3, -0.25) is 0 Å². The van der Waals surface area contributed by atoms with Crippen LogP contribution in [0.4, 0.5) is 0 Å². The molecular weight excluding hydrogens is 232 g/mol. The first kappa shape index (κ1) is 12.3. The van der Waals surface area contributed by atoms with Gasteiger partial charge in [-0.15, -0.1) is 0 Å². The summed E-state index contributed by atoms with van der Waals surface area (Å²) in [7, 11) is 0. The average Bonchev–Trinajstić information content (AvgIpc) is 2.95. The van der Waals surface area contributed by atoms with Crippen LogP contribution in [0, 0.1) is 6.07 Å². The molecule has 1 radical (unpaired) electrons. The first-order chi connectivity index (χ1) is 9.40. The van der Waals surface area contributed by atoms with Crippen molar-refractivity contribution >= 4 is 0 Å². The van der Waals surface area contributed by atoms with E-state index < -0.39 is 0 Å². The van der Waals surface area contributed by atoms with Crippen molar-refractivity contribution < 1.29 is 4.74 Å². The molecule has 0 atom stereocenters. The third-order valence-electron chi connectivity index (χ3n) is 3.71. The van der Waals surface area contributed by atoms with Gasteiger partial charge < -0.3 is 4.74 Å². The second-order valence-corrected chi connectivity index (χ2v) is 5.26. The Bertz CT molecular complexity index is 495. The van der Waals surface area contributed by atoms with Crippen LogP contribution in [-0.4, -0.2) is 6.10 Å². The van der Waals surface area contributed by atoms with Gasteiger partial charge in [-0.1, -0.05) is 36.4 Å². The Kier molecular flexibility index (Phi) is 3.83. The lowest BCUT2D eigenvalue weighted by Crippen LogP contribution is -2.10. The van der Waals surface area contributed by atoms with Crippen LogP contribution in [0.1, 0.15) is 36.8 Å². The highest BCUT2D eigenvalue weighted by Crippen LogP contribution is 2.24. The molecule has 1 aliphatic rings. The molecule has 2 aromatic rings. The zero-order valence-corrected chi connectivity index (χ0v) is 11.1. The van der Waals surface area contributed by atoms with Gasteiger partial charge in [0.2, 0.25) is 0 Å². The number of rotatable bonds is 4. The van der Waals surface area contributed by atoms with Crippen LogP contribution in [0.15, 0.2) is 48.5 Å². The molecule has 0 aliphatic heterocycles. The summed E-state index contributed by atoms with van der Waals surface area (Å²) in [4.78, 5) is 0. The fraction of sp³-hybridized carbons (Fsp3) is 0.333. The van der Waals surface area contributed by atoms with Crippen LogP contribution in [0.5, 0.6) is 5.75 Å². The first-order valence-electron chi connectivity index (χ1n) is 7.11. The smallest absolute Gasteiger partial charge is 0.119 e. The van der Waals surface area contributed by atoms with Crippen molar-refractivity contribution in [3.05, 3.63) is 65.7 Å². The minimum atomic E-state index is 0.439. The minimum Gasteiger partial charge on any atom is -0.490 e. The number of hydrogen-bond donors (Lipinski definition) is 0. The largest absolute Gasteiger partial charge is 0.490 e. The van der Waals surface area contributed by atoms with E-state index >= 15 is 0 Å². The molecule has 1 fully saturated rings.